The molecule has 0 aromatic carbocycles. The monoisotopic (exact) mass is 314 g/mol. The molecule has 0 aliphatic carbocycles. The zero-order valence-electron chi connectivity index (χ0n) is 11.9. The third-order valence-corrected chi connectivity index (χ3v) is 4.49. The maximum Gasteiger partial charge on any atom is 0.411 e. The molecule has 1 saturated heterocycles. The number of thioether (sulfide) groups is 1. The predicted octanol–water partition coefficient (Wildman–Crippen LogP) is 2.49. The highest BCUT2D eigenvalue weighted by atomic mass is 32.2. The smallest absolute Gasteiger partial charge is 0.370 e. The van der Waals surface area contributed by atoms with E-state index in [2.05, 4.69) is 17.0 Å². The zero-order valence-corrected chi connectivity index (χ0v) is 12.7. The molecule has 1 heterocycles. The first kappa shape index (κ1) is 17.4. The number of nitrogens with one attached hydrogen (secondary N) is 1. The van der Waals surface area contributed by atoms with E-state index in [9.17, 15) is 18.0 Å². The van der Waals surface area contributed by atoms with E-state index < -0.39 is 18.8 Å². The normalized spacial score (nSPS) is 25.4. The molecule has 8 heteroatoms. The number of urea groups is 1. The Kier molecular flexibility index (Phi) is 6.44. The predicted molar refractivity (Wildman–Crippen MR) is 73.0 cm³/mol. The molecular weight excluding hydrogens is 293 g/mol. The lowest BCUT2D eigenvalue weighted by atomic mass is 10.2. The van der Waals surface area contributed by atoms with Crippen LogP contribution in [0.2, 0.25) is 0 Å². The summed E-state index contributed by atoms with van der Waals surface area (Å²) in [5.74, 6) is 0.873. The first-order valence-electron chi connectivity index (χ1n) is 6.54. The van der Waals surface area contributed by atoms with Crippen LogP contribution >= 0.6 is 11.8 Å². The SMILES string of the molecule is C[C@H](COCC(F)(F)F)NC(=O)N1CCS[C@H](C)[C@H]1C. The standard InChI is InChI=1S/C12H21F3N2O2S/c1-8(6-19-7-12(13,14)15)16-11(18)17-4-5-20-10(3)9(17)2/h8-10H,4-7H2,1-3H3,(H,16,18)/t8-,9-,10-/m1/s1. The fourth-order valence-electron chi connectivity index (χ4n) is 1.91. The van der Waals surface area contributed by atoms with Gasteiger partial charge in [0.1, 0.15) is 6.61 Å². The lowest BCUT2D eigenvalue weighted by Gasteiger charge is -2.38. The van der Waals surface area contributed by atoms with Gasteiger partial charge in [-0.05, 0) is 13.8 Å². The highest BCUT2D eigenvalue weighted by Gasteiger charge is 2.30. The van der Waals surface area contributed by atoms with Crippen LogP contribution in [0, 0.1) is 0 Å². The second kappa shape index (κ2) is 7.40. The number of ether oxygens (including phenoxy) is 1. The molecule has 1 aliphatic rings. The van der Waals surface area contributed by atoms with Gasteiger partial charge < -0.3 is 15.0 Å². The van der Waals surface area contributed by atoms with Gasteiger partial charge in [0.25, 0.3) is 0 Å². The van der Waals surface area contributed by atoms with Crippen molar-refractivity contribution in [3.63, 3.8) is 0 Å². The van der Waals surface area contributed by atoms with Crippen LogP contribution in [0.4, 0.5) is 18.0 Å². The number of carbonyl (C=O) groups excluding carboxylic acids is 1. The Hall–Kier alpha value is -0.630. The van der Waals surface area contributed by atoms with E-state index in [4.69, 9.17) is 0 Å². The molecule has 1 fully saturated rings. The lowest BCUT2D eigenvalue weighted by Crippen LogP contribution is -2.54. The van der Waals surface area contributed by atoms with Crippen molar-refractivity contribution in [3.8, 4) is 0 Å². The number of amides is 2. The molecule has 0 unspecified atom stereocenters. The van der Waals surface area contributed by atoms with Gasteiger partial charge in [-0.25, -0.2) is 4.79 Å². The maximum atomic E-state index is 12.1. The van der Waals surface area contributed by atoms with E-state index >= 15 is 0 Å². The number of alkyl halides is 3. The molecule has 0 radical (unpaired) electrons. The lowest BCUT2D eigenvalue weighted by molar-refractivity contribution is -0.174. The van der Waals surface area contributed by atoms with Crippen LogP contribution in [0.25, 0.3) is 0 Å². The van der Waals surface area contributed by atoms with Gasteiger partial charge in [-0.2, -0.15) is 24.9 Å². The first-order valence-corrected chi connectivity index (χ1v) is 7.59. The Morgan fingerprint density at radius 1 is 1.50 bits per heavy atom. The van der Waals surface area contributed by atoms with Gasteiger partial charge in [0, 0.05) is 23.6 Å². The Balaban J connectivity index is 2.34. The minimum atomic E-state index is -4.34. The van der Waals surface area contributed by atoms with Crippen LogP contribution in [0.5, 0.6) is 0 Å². The number of halogens is 3. The third-order valence-electron chi connectivity index (χ3n) is 3.15. The van der Waals surface area contributed by atoms with Crippen LogP contribution in [-0.2, 0) is 4.74 Å². The van der Waals surface area contributed by atoms with Gasteiger partial charge in [0.2, 0.25) is 0 Å². The van der Waals surface area contributed by atoms with E-state index in [1.165, 1.54) is 0 Å². The molecule has 118 valence electrons. The van der Waals surface area contributed by atoms with Crippen molar-refractivity contribution in [1.29, 1.82) is 0 Å². The molecule has 0 bridgehead atoms. The Morgan fingerprint density at radius 2 is 2.15 bits per heavy atom. The number of rotatable bonds is 4. The topological polar surface area (TPSA) is 41.6 Å². The van der Waals surface area contributed by atoms with Crippen LogP contribution < -0.4 is 5.32 Å². The average Bonchev–Trinajstić information content (AvgIpc) is 2.30. The summed E-state index contributed by atoms with van der Waals surface area (Å²) in [5.41, 5.74) is 0. The Morgan fingerprint density at radius 3 is 2.75 bits per heavy atom. The summed E-state index contributed by atoms with van der Waals surface area (Å²) in [6.07, 6.45) is -4.34. The summed E-state index contributed by atoms with van der Waals surface area (Å²) < 4.78 is 40.3. The van der Waals surface area contributed by atoms with Crippen molar-refractivity contribution < 1.29 is 22.7 Å². The zero-order chi connectivity index (χ0) is 15.3. The molecule has 0 saturated carbocycles. The summed E-state index contributed by atoms with van der Waals surface area (Å²) in [6, 6.07) is -0.591. The molecule has 0 aromatic heterocycles. The Labute approximate surface area is 121 Å². The quantitative estimate of drug-likeness (QED) is 0.867. The van der Waals surface area contributed by atoms with Crippen molar-refractivity contribution in [2.24, 2.45) is 0 Å². The number of hydrogen-bond donors (Lipinski definition) is 1. The van der Waals surface area contributed by atoms with Crippen LogP contribution in [0.1, 0.15) is 20.8 Å². The average molecular weight is 314 g/mol. The number of carbonyl (C=O) groups is 1. The highest BCUT2D eigenvalue weighted by molar-refractivity contribution is 8.00. The second-order valence-electron chi connectivity index (χ2n) is 4.99. The molecular formula is C12H21F3N2O2S. The summed E-state index contributed by atoms with van der Waals surface area (Å²) in [5, 5.41) is 3.03. The fraction of sp³-hybridized carbons (Fsp3) is 0.917. The molecule has 3 atom stereocenters. The Bertz CT molecular complexity index is 328. The van der Waals surface area contributed by atoms with Gasteiger partial charge in [-0.3, -0.25) is 0 Å². The molecule has 0 aromatic rings. The molecule has 0 spiro atoms. The molecule has 20 heavy (non-hydrogen) atoms. The first-order chi connectivity index (χ1) is 9.20. The van der Waals surface area contributed by atoms with Gasteiger partial charge in [0.05, 0.1) is 12.6 Å². The molecule has 1 aliphatic heterocycles. The van der Waals surface area contributed by atoms with Gasteiger partial charge in [-0.15, -0.1) is 0 Å². The maximum absolute atomic E-state index is 12.1. The minimum absolute atomic E-state index is 0.108. The van der Waals surface area contributed by atoms with E-state index in [-0.39, 0.29) is 18.7 Å². The third kappa shape index (κ3) is 5.78. The van der Waals surface area contributed by atoms with Crippen LogP contribution in [0.3, 0.4) is 0 Å². The van der Waals surface area contributed by atoms with Crippen molar-refractivity contribution in [2.45, 2.75) is 44.3 Å². The molecule has 4 nitrogen and oxygen atoms in total. The van der Waals surface area contributed by atoms with Crippen LogP contribution in [-0.4, -0.2) is 60.0 Å². The van der Waals surface area contributed by atoms with Gasteiger partial charge >= 0.3 is 12.2 Å². The highest BCUT2D eigenvalue weighted by Crippen LogP contribution is 2.24. The summed E-state index contributed by atoms with van der Waals surface area (Å²) >= 11 is 1.81. The number of nitrogens with zero attached hydrogens (tertiary/aromatic N) is 1. The van der Waals surface area contributed by atoms with Crippen molar-refractivity contribution in [1.82, 2.24) is 10.2 Å². The largest absolute Gasteiger partial charge is 0.411 e. The van der Waals surface area contributed by atoms with E-state index in [0.717, 1.165) is 5.75 Å². The van der Waals surface area contributed by atoms with Gasteiger partial charge in [0.15, 0.2) is 0 Å². The van der Waals surface area contributed by atoms with E-state index in [1.807, 2.05) is 18.7 Å². The number of hydrogen-bond acceptors (Lipinski definition) is 3. The van der Waals surface area contributed by atoms with Crippen molar-refractivity contribution >= 4 is 17.8 Å². The summed E-state index contributed by atoms with van der Waals surface area (Å²) in [4.78, 5) is 13.8. The fourth-order valence-corrected chi connectivity index (χ4v) is 3.01. The minimum Gasteiger partial charge on any atom is -0.370 e. The van der Waals surface area contributed by atoms with Crippen LogP contribution in [0.15, 0.2) is 0 Å². The molecule has 1 rings (SSSR count). The molecule has 2 amide bonds. The summed E-state index contributed by atoms with van der Waals surface area (Å²) in [7, 11) is 0. The van der Waals surface area contributed by atoms with Gasteiger partial charge in [-0.1, -0.05) is 6.92 Å². The van der Waals surface area contributed by atoms with E-state index in [1.54, 1.807) is 11.8 Å². The summed E-state index contributed by atoms with van der Waals surface area (Å²) in [6.45, 7) is 4.86. The van der Waals surface area contributed by atoms with Crippen molar-refractivity contribution in [3.05, 3.63) is 0 Å². The van der Waals surface area contributed by atoms with Crippen molar-refractivity contribution in [2.75, 3.05) is 25.5 Å². The molecule has 1 N–H and O–H groups in total. The second-order valence-corrected chi connectivity index (χ2v) is 6.48. The van der Waals surface area contributed by atoms with E-state index in [0.29, 0.717) is 11.8 Å².